The van der Waals surface area contributed by atoms with E-state index in [0.29, 0.717) is 10.9 Å². The molecule has 0 bridgehead atoms. The zero-order valence-electron chi connectivity index (χ0n) is 11.6. The molecule has 0 spiro atoms. The molecule has 1 aromatic carbocycles. The summed E-state index contributed by atoms with van der Waals surface area (Å²) in [6, 6.07) is 5.76. The number of hydrogen-bond acceptors (Lipinski definition) is 3. The molecule has 4 nitrogen and oxygen atoms in total. The molecule has 1 saturated heterocycles. The van der Waals surface area contributed by atoms with Crippen LogP contribution in [0.3, 0.4) is 0 Å². The van der Waals surface area contributed by atoms with Crippen LogP contribution in [-0.2, 0) is 0 Å². The highest BCUT2D eigenvalue weighted by molar-refractivity contribution is 6.33. The van der Waals surface area contributed by atoms with Crippen molar-refractivity contribution in [1.82, 2.24) is 4.90 Å². The molecule has 20 heavy (non-hydrogen) atoms. The summed E-state index contributed by atoms with van der Waals surface area (Å²) >= 11 is 12.0. The van der Waals surface area contributed by atoms with Crippen molar-refractivity contribution >= 4 is 40.4 Å². The number of hydrogen-bond donors (Lipinski definition) is 1. The average molecular weight is 315 g/mol. The van der Waals surface area contributed by atoms with Crippen LogP contribution >= 0.6 is 23.2 Å². The number of aliphatic imine (C=N–C) groups is 1. The van der Waals surface area contributed by atoms with E-state index in [2.05, 4.69) is 21.7 Å². The van der Waals surface area contributed by atoms with E-state index in [9.17, 15) is 0 Å². The number of halogens is 2. The van der Waals surface area contributed by atoms with Gasteiger partial charge in [0, 0.05) is 26.2 Å². The Morgan fingerprint density at radius 2 is 2.00 bits per heavy atom. The van der Waals surface area contributed by atoms with Gasteiger partial charge >= 0.3 is 0 Å². The third kappa shape index (κ3) is 3.78. The van der Waals surface area contributed by atoms with Crippen molar-refractivity contribution in [2.24, 2.45) is 10.7 Å². The van der Waals surface area contributed by atoms with Crippen molar-refractivity contribution in [2.75, 3.05) is 43.5 Å². The first-order valence-corrected chi connectivity index (χ1v) is 7.71. The smallest absolute Gasteiger partial charge is 0.115 e. The van der Waals surface area contributed by atoms with Crippen LogP contribution in [0.4, 0.5) is 11.4 Å². The molecule has 1 aliphatic rings. The van der Waals surface area contributed by atoms with E-state index in [0.717, 1.165) is 44.1 Å². The Morgan fingerprint density at radius 3 is 2.55 bits per heavy atom. The van der Waals surface area contributed by atoms with Gasteiger partial charge in [-0.3, -0.25) is 0 Å². The van der Waals surface area contributed by atoms with Gasteiger partial charge in [0.15, 0.2) is 0 Å². The number of nitrogens with zero attached hydrogens (tertiary/aromatic N) is 3. The minimum atomic E-state index is 0.221. The first kappa shape index (κ1) is 15.4. The van der Waals surface area contributed by atoms with Crippen molar-refractivity contribution in [3.63, 3.8) is 0 Å². The van der Waals surface area contributed by atoms with Crippen LogP contribution in [0, 0.1) is 0 Å². The van der Waals surface area contributed by atoms with Crippen molar-refractivity contribution in [2.45, 2.75) is 6.92 Å². The Kier molecular flexibility index (Phi) is 5.52. The number of rotatable bonds is 4. The summed E-state index contributed by atoms with van der Waals surface area (Å²) in [6.07, 6.45) is 0. The lowest BCUT2D eigenvalue weighted by molar-refractivity contribution is 0.271. The molecular formula is C14H20Cl2N4. The highest BCUT2D eigenvalue weighted by Gasteiger charge is 2.17. The molecule has 0 saturated carbocycles. The van der Waals surface area contributed by atoms with E-state index < -0.39 is 0 Å². The number of anilines is 1. The third-order valence-corrected chi connectivity index (χ3v) is 4.08. The normalized spacial score (nSPS) is 17.6. The number of piperazine rings is 1. The Morgan fingerprint density at radius 1 is 1.30 bits per heavy atom. The number of benzene rings is 1. The predicted octanol–water partition coefficient (Wildman–Crippen LogP) is 2.71. The fourth-order valence-corrected chi connectivity index (χ4v) is 2.68. The van der Waals surface area contributed by atoms with E-state index in [1.165, 1.54) is 0 Å². The molecule has 0 radical (unpaired) electrons. The monoisotopic (exact) mass is 314 g/mol. The van der Waals surface area contributed by atoms with Crippen molar-refractivity contribution in [1.29, 1.82) is 0 Å². The number of likely N-dealkylation sites (N-methyl/N-ethyl adjacent to an activating group) is 1. The number of nitrogens with two attached hydrogens (primary N) is 1. The van der Waals surface area contributed by atoms with Gasteiger partial charge in [0.1, 0.15) is 5.84 Å². The molecule has 6 heteroatoms. The van der Waals surface area contributed by atoms with Crippen LogP contribution in [0.1, 0.15) is 6.92 Å². The standard InChI is InChI=1S/C14H20Cl2N4/c1-2-19-5-7-20(8-6-19)13-4-3-11(9-12(13)16)18-14(17)10-15/h3-4,9H,2,5-8,10H2,1H3,(H2,17,18). The second-order valence-corrected chi connectivity index (χ2v) is 5.47. The first-order valence-electron chi connectivity index (χ1n) is 6.80. The first-order chi connectivity index (χ1) is 9.63. The molecule has 1 aliphatic heterocycles. The molecule has 0 aliphatic carbocycles. The van der Waals surface area contributed by atoms with Gasteiger partial charge in [0.05, 0.1) is 22.3 Å². The molecule has 2 N–H and O–H groups in total. The van der Waals surface area contributed by atoms with E-state index in [4.69, 9.17) is 28.9 Å². The number of amidine groups is 1. The second kappa shape index (κ2) is 7.16. The minimum absolute atomic E-state index is 0.221. The van der Waals surface area contributed by atoms with Crippen molar-refractivity contribution in [3.8, 4) is 0 Å². The summed E-state index contributed by atoms with van der Waals surface area (Å²) in [5.41, 5.74) is 7.43. The van der Waals surface area contributed by atoms with Crippen LogP contribution in [0.5, 0.6) is 0 Å². The maximum atomic E-state index is 6.36. The molecule has 0 amide bonds. The largest absolute Gasteiger partial charge is 0.386 e. The Balaban J connectivity index is 2.10. The van der Waals surface area contributed by atoms with Crippen molar-refractivity contribution < 1.29 is 0 Å². The summed E-state index contributed by atoms with van der Waals surface area (Å²) in [6.45, 7) is 7.45. The summed E-state index contributed by atoms with van der Waals surface area (Å²) in [7, 11) is 0. The van der Waals surface area contributed by atoms with Gasteiger partial charge in [-0.25, -0.2) is 4.99 Å². The lowest BCUT2D eigenvalue weighted by Gasteiger charge is -2.35. The zero-order valence-corrected chi connectivity index (χ0v) is 13.2. The molecule has 1 aromatic rings. The van der Waals surface area contributed by atoms with Gasteiger partial charge in [-0.05, 0) is 24.7 Å². The molecule has 2 rings (SSSR count). The fraction of sp³-hybridized carbons (Fsp3) is 0.500. The van der Waals surface area contributed by atoms with Gasteiger partial charge in [0.25, 0.3) is 0 Å². The van der Waals surface area contributed by atoms with Gasteiger partial charge in [0.2, 0.25) is 0 Å². The average Bonchev–Trinajstić information content (AvgIpc) is 2.47. The van der Waals surface area contributed by atoms with Crippen LogP contribution in [0.15, 0.2) is 23.2 Å². The molecule has 0 unspecified atom stereocenters. The molecular weight excluding hydrogens is 295 g/mol. The van der Waals surface area contributed by atoms with Gasteiger partial charge in [-0.2, -0.15) is 0 Å². The Bertz CT molecular complexity index is 482. The predicted molar refractivity (Wildman–Crippen MR) is 87.8 cm³/mol. The summed E-state index contributed by atoms with van der Waals surface area (Å²) in [4.78, 5) is 8.95. The van der Waals surface area contributed by atoms with E-state index in [1.54, 1.807) is 0 Å². The SMILES string of the molecule is CCN1CCN(c2ccc(N=C(N)CCl)cc2Cl)CC1. The van der Waals surface area contributed by atoms with Crippen LogP contribution < -0.4 is 10.6 Å². The van der Waals surface area contributed by atoms with E-state index in [-0.39, 0.29) is 5.88 Å². The summed E-state index contributed by atoms with van der Waals surface area (Å²) in [5, 5.41) is 0.707. The van der Waals surface area contributed by atoms with Gasteiger partial charge in [-0.15, -0.1) is 11.6 Å². The summed E-state index contributed by atoms with van der Waals surface area (Å²) in [5.74, 6) is 0.616. The quantitative estimate of drug-likeness (QED) is 0.528. The van der Waals surface area contributed by atoms with Crippen LogP contribution in [-0.4, -0.2) is 49.3 Å². The third-order valence-electron chi connectivity index (χ3n) is 3.50. The Labute approximate surface area is 130 Å². The topological polar surface area (TPSA) is 44.9 Å². The molecule has 1 fully saturated rings. The zero-order chi connectivity index (χ0) is 14.5. The Hall–Kier alpha value is -0.970. The van der Waals surface area contributed by atoms with Crippen molar-refractivity contribution in [3.05, 3.63) is 23.2 Å². The molecule has 1 heterocycles. The van der Waals surface area contributed by atoms with Gasteiger partial charge in [-0.1, -0.05) is 18.5 Å². The van der Waals surface area contributed by atoms with E-state index >= 15 is 0 Å². The minimum Gasteiger partial charge on any atom is -0.386 e. The molecule has 110 valence electrons. The van der Waals surface area contributed by atoms with Gasteiger partial charge < -0.3 is 15.5 Å². The second-order valence-electron chi connectivity index (χ2n) is 4.79. The maximum absolute atomic E-state index is 6.36. The fourth-order valence-electron chi connectivity index (χ4n) is 2.32. The highest BCUT2D eigenvalue weighted by atomic mass is 35.5. The van der Waals surface area contributed by atoms with Crippen LogP contribution in [0.25, 0.3) is 0 Å². The highest BCUT2D eigenvalue weighted by Crippen LogP contribution is 2.30. The number of alkyl halides is 1. The summed E-state index contributed by atoms with van der Waals surface area (Å²) < 4.78 is 0. The molecule has 0 atom stereocenters. The van der Waals surface area contributed by atoms with Crippen LogP contribution in [0.2, 0.25) is 5.02 Å². The van der Waals surface area contributed by atoms with E-state index in [1.807, 2.05) is 18.2 Å². The lowest BCUT2D eigenvalue weighted by atomic mass is 10.2. The maximum Gasteiger partial charge on any atom is 0.115 e. The molecule has 0 aromatic heterocycles. The lowest BCUT2D eigenvalue weighted by Crippen LogP contribution is -2.46.